The van der Waals surface area contributed by atoms with Gasteiger partial charge < -0.3 is 19.3 Å². The van der Waals surface area contributed by atoms with Crippen LogP contribution in [-0.2, 0) is 36.6 Å². The predicted molar refractivity (Wildman–Crippen MR) is 178 cm³/mol. The van der Waals surface area contributed by atoms with Gasteiger partial charge in [-0.2, -0.15) is 0 Å². The Kier molecular flexibility index (Phi) is 19.6. The Hall–Kier alpha value is -2.51. The number of benzene rings is 1. The van der Waals surface area contributed by atoms with Crippen molar-refractivity contribution in [3.05, 3.63) is 46.2 Å². The predicted octanol–water partition coefficient (Wildman–Crippen LogP) is 8.40. The lowest BCUT2D eigenvalue weighted by Gasteiger charge is -2.35. The van der Waals surface area contributed by atoms with Gasteiger partial charge in [-0.3, -0.25) is 9.79 Å². The number of hydrogen-bond donors (Lipinski definition) is 1. The fraction of sp³-hybridized carbons (Fsp3) is 0.703. The molecule has 0 spiro atoms. The van der Waals surface area contributed by atoms with Crippen molar-refractivity contribution in [2.45, 2.75) is 136 Å². The van der Waals surface area contributed by atoms with Gasteiger partial charge in [-0.1, -0.05) is 102 Å². The van der Waals surface area contributed by atoms with Crippen LogP contribution in [0.4, 0.5) is 0 Å². The number of aliphatic hydroxyl groups excluding tert-OH is 1. The number of carbonyl (C=O) groups is 2. The van der Waals surface area contributed by atoms with Gasteiger partial charge in [0.15, 0.2) is 0 Å². The van der Waals surface area contributed by atoms with Crippen molar-refractivity contribution < 1.29 is 28.9 Å². The number of allylic oxidation sites excluding steroid dienone is 1. The first-order valence-corrected chi connectivity index (χ1v) is 17.3. The lowest BCUT2D eigenvalue weighted by molar-refractivity contribution is -0.139. The average molecular weight is 614 g/mol. The number of aliphatic imine (C=N–C) groups is 1. The van der Waals surface area contributed by atoms with Crippen LogP contribution in [-0.4, -0.2) is 49.9 Å². The highest BCUT2D eigenvalue weighted by molar-refractivity contribution is 5.97. The van der Waals surface area contributed by atoms with Gasteiger partial charge >= 0.3 is 5.97 Å². The van der Waals surface area contributed by atoms with Crippen molar-refractivity contribution in [1.29, 1.82) is 0 Å². The minimum Gasteiger partial charge on any atom is -0.468 e. The van der Waals surface area contributed by atoms with E-state index >= 15 is 0 Å². The molecular weight excluding hydrogens is 554 g/mol. The lowest BCUT2D eigenvalue weighted by atomic mass is 9.71. The highest BCUT2D eigenvalue weighted by Crippen LogP contribution is 2.44. The molecule has 2 rings (SSSR count). The summed E-state index contributed by atoms with van der Waals surface area (Å²) in [7, 11) is 0. The van der Waals surface area contributed by atoms with Crippen LogP contribution in [0.1, 0.15) is 140 Å². The zero-order chi connectivity index (χ0) is 32.0. The summed E-state index contributed by atoms with van der Waals surface area (Å²) in [6.45, 7) is 9.00. The molecular formula is C37H59NO6. The van der Waals surface area contributed by atoms with E-state index in [0.717, 1.165) is 29.7 Å². The summed E-state index contributed by atoms with van der Waals surface area (Å²) in [5, 5.41) is 9.26. The van der Waals surface area contributed by atoms with Gasteiger partial charge in [0.1, 0.15) is 6.79 Å². The van der Waals surface area contributed by atoms with Crippen molar-refractivity contribution in [2.75, 3.05) is 26.6 Å². The molecule has 2 atom stereocenters. The van der Waals surface area contributed by atoms with E-state index in [2.05, 4.69) is 25.1 Å². The van der Waals surface area contributed by atoms with Crippen molar-refractivity contribution >= 4 is 18.2 Å². The van der Waals surface area contributed by atoms with Crippen LogP contribution in [0.25, 0.3) is 0 Å². The summed E-state index contributed by atoms with van der Waals surface area (Å²) in [6.07, 6.45) is 19.1. The molecule has 0 saturated carbocycles. The summed E-state index contributed by atoms with van der Waals surface area (Å²) in [4.78, 5) is 29.2. The molecule has 248 valence electrons. The third-order valence-corrected chi connectivity index (χ3v) is 8.85. The molecule has 0 aliphatic carbocycles. The van der Waals surface area contributed by atoms with Crippen LogP contribution in [0.3, 0.4) is 0 Å². The second-order valence-corrected chi connectivity index (χ2v) is 12.1. The maximum Gasteiger partial charge on any atom is 0.336 e. The van der Waals surface area contributed by atoms with Gasteiger partial charge in [0.05, 0.1) is 25.4 Å². The van der Waals surface area contributed by atoms with Gasteiger partial charge in [-0.25, -0.2) is 4.79 Å². The molecule has 1 aliphatic rings. The van der Waals surface area contributed by atoms with Gasteiger partial charge in [0, 0.05) is 23.2 Å². The molecule has 1 aromatic rings. The summed E-state index contributed by atoms with van der Waals surface area (Å²) in [6, 6.07) is 6.37. The molecule has 2 unspecified atom stereocenters. The smallest absolute Gasteiger partial charge is 0.336 e. The van der Waals surface area contributed by atoms with Gasteiger partial charge in [0.2, 0.25) is 0 Å². The Bertz CT molecular complexity index is 1030. The number of carbonyl (C=O) groups excluding carboxylic acids is 2. The maximum atomic E-state index is 13.4. The molecule has 0 saturated heterocycles. The topological polar surface area (TPSA) is 94.4 Å². The Morgan fingerprint density at radius 3 is 2.02 bits per heavy atom. The number of aryl methyl sites for hydroxylation is 1. The van der Waals surface area contributed by atoms with Crippen molar-refractivity contribution in [3.63, 3.8) is 0 Å². The third kappa shape index (κ3) is 12.8. The lowest BCUT2D eigenvalue weighted by Crippen LogP contribution is -2.32. The second kappa shape index (κ2) is 22.9. The Morgan fingerprint density at radius 2 is 1.45 bits per heavy atom. The normalized spacial score (nSPS) is 16.6. The minimum atomic E-state index is -0.346. The van der Waals surface area contributed by atoms with E-state index in [0.29, 0.717) is 37.2 Å². The number of esters is 1. The van der Waals surface area contributed by atoms with Crippen molar-refractivity contribution in [3.8, 4) is 0 Å². The first-order chi connectivity index (χ1) is 21.5. The molecule has 1 aromatic carbocycles. The van der Waals surface area contributed by atoms with Crippen LogP contribution in [0, 0.1) is 5.92 Å². The molecule has 0 fully saturated rings. The molecule has 0 radical (unpaired) electrons. The number of aliphatic hydroxyl groups is 1. The standard InChI is InChI=1S/C37H59NO6/c1-5-7-8-9-10-11-12-13-14-15-16-17-18-20-31-21-19-22-32(23-25-42-27-39)35(31)36-33(24-26-43-28-40)29(3)38-30(4)34(36)37(41)44-6-2/h19,21-22,28,33,36,39H,5-18,20,23-27H2,1-4H3. The third-order valence-electron chi connectivity index (χ3n) is 8.85. The monoisotopic (exact) mass is 613 g/mol. The van der Waals surface area contributed by atoms with Crippen LogP contribution >= 0.6 is 0 Å². The van der Waals surface area contributed by atoms with E-state index < -0.39 is 0 Å². The Morgan fingerprint density at radius 1 is 0.864 bits per heavy atom. The zero-order valence-electron chi connectivity index (χ0n) is 28.0. The molecule has 1 aliphatic heterocycles. The number of unbranched alkanes of at least 4 members (excludes halogenated alkanes) is 12. The summed E-state index contributed by atoms with van der Waals surface area (Å²) in [5.74, 6) is -0.742. The Balaban J connectivity index is 2.19. The van der Waals surface area contributed by atoms with Gasteiger partial charge in [-0.05, 0) is 63.1 Å². The van der Waals surface area contributed by atoms with Crippen molar-refractivity contribution in [1.82, 2.24) is 0 Å². The quantitative estimate of drug-likeness (QED) is 0.0515. The summed E-state index contributed by atoms with van der Waals surface area (Å²) < 4.78 is 16.0. The van der Waals surface area contributed by atoms with Crippen LogP contribution in [0.2, 0.25) is 0 Å². The van der Waals surface area contributed by atoms with E-state index in [4.69, 9.17) is 19.2 Å². The number of hydrogen-bond acceptors (Lipinski definition) is 7. The van der Waals surface area contributed by atoms with Crippen LogP contribution in [0.15, 0.2) is 34.5 Å². The van der Waals surface area contributed by atoms with Crippen LogP contribution < -0.4 is 0 Å². The van der Waals surface area contributed by atoms with Crippen LogP contribution in [0.5, 0.6) is 0 Å². The molecule has 7 nitrogen and oxygen atoms in total. The zero-order valence-corrected chi connectivity index (χ0v) is 28.0. The van der Waals surface area contributed by atoms with E-state index in [-0.39, 0.29) is 37.8 Å². The first kappa shape index (κ1) is 37.7. The number of ether oxygens (including phenoxy) is 3. The molecule has 0 amide bonds. The largest absolute Gasteiger partial charge is 0.468 e. The SMILES string of the molecule is CCCCCCCCCCCCCCCc1cccc(CCOCO)c1C1C(C(=O)OCC)=C(C)N=C(C)C1CCOC=O. The maximum absolute atomic E-state index is 13.4. The molecule has 7 heteroatoms. The number of nitrogens with zero attached hydrogens (tertiary/aromatic N) is 1. The molecule has 1 heterocycles. The van der Waals surface area contributed by atoms with E-state index in [1.54, 1.807) is 0 Å². The fourth-order valence-corrected chi connectivity index (χ4v) is 6.60. The number of rotatable bonds is 25. The first-order valence-electron chi connectivity index (χ1n) is 17.3. The minimum absolute atomic E-state index is 0.122. The van der Waals surface area contributed by atoms with Gasteiger partial charge in [0.25, 0.3) is 6.47 Å². The van der Waals surface area contributed by atoms with E-state index in [9.17, 15) is 14.7 Å². The highest BCUT2D eigenvalue weighted by Gasteiger charge is 2.39. The average Bonchev–Trinajstić information content (AvgIpc) is 3.00. The molecule has 0 bridgehead atoms. The van der Waals surface area contributed by atoms with Gasteiger partial charge in [-0.15, -0.1) is 0 Å². The van der Waals surface area contributed by atoms with E-state index in [1.807, 2.05) is 20.8 Å². The summed E-state index contributed by atoms with van der Waals surface area (Å²) in [5.41, 5.74) is 5.62. The molecule has 0 aromatic heterocycles. The highest BCUT2D eigenvalue weighted by atomic mass is 16.6. The summed E-state index contributed by atoms with van der Waals surface area (Å²) >= 11 is 0. The molecule has 1 N–H and O–H groups in total. The van der Waals surface area contributed by atoms with E-state index in [1.165, 1.54) is 82.6 Å². The second-order valence-electron chi connectivity index (χ2n) is 12.1. The van der Waals surface area contributed by atoms with Crippen molar-refractivity contribution in [2.24, 2.45) is 10.9 Å². The fourth-order valence-electron chi connectivity index (χ4n) is 6.60. The molecule has 44 heavy (non-hydrogen) atoms. The Labute approximate surface area is 266 Å².